The van der Waals surface area contributed by atoms with Crippen molar-refractivity contribution in [1.29, 1.82) is 0 Å². The smallest absolute Gasteiger partial charge is 0.107 e. The second-order valence-electron chi connectivity index (χ2n) is 2.65. The fourth-order valence-electron chi connectivity index (χ4n) is 0.841. The lowest BCUT2D eigenvalue weighted by Crippen LogP contribution is -2.17. The Balaban J connectivity index is 2.94. The Labute approximate surface area is 74.7 Å². The van der Waals surface area contributed by atoms with E-state index in [1.807, 2.05) is 24.7 Å². The summed E-state index contributed by atoms with van der Waals surface area (Å²) in [5, 5.41) is 4.18. The van der Waals surface area contributed by atoms with E-state index in [-0.39, 0.29) is 6.04 Å². The Hall–Kier alpha value is -0.350. The molecular formula is C7H12BrN3. The lowest BCUT2D eigenvalue weighted by Gasteiger charge is -2.09. The van der Waals surface area contributed by atoms with Gasteiger partial charge in [-0.05, 0) is 29.8 Å². The SMILES string of the molecule is Cc1cnn(C(C)CN)c1Br. The highest BCUT2D eigenvalue weighted by Crippen LogP contribution is 2.18. The summed E-state index contributed by atoms with van der Waals surface area (Å²) in [6.45, 7) is 4.66. The summed E-state index contributed by atoms with van der Waals surface area (Å²) < 4.78 is 2.91. The molecule has 1 unspecified atom stereocenters. The molecule has 0 aliphatic rings. The fraction of sp³-hybridized carbons (Fsp3) is 0.571. The van der Waals surface area contributed by atoms with Gasteiger partial charge in [-0.3, -0.25) is 4.68 Å². The Morgan fingerprint density at radius 1 is 1.82 bits per heavy atom. The topological polar surface area (TPSA) is 43.8 Å². The molecule has 0 spiro atoms. The summed E-state index contributed by atoms with van der Waals surface area (Å²) in [5.74, 6) is 0. The molecule has 1 aromatic rings. The van der Waals surface area contributed by atoms with Gasteiger partial charge in [-0.15, -0.1) is 0 Å². The number of nitrogens with two attached hydrogens (primary N) is 1. The predicted molar refractivity (Wildman–Crippen MR) is 48.4 cm³/mol. The van der Waals surface area contributed by atoms with E-state index in [0.29, 0.717) is 6.54 Å². The van der Waals surface area contributed by atoms with Gasteiger partial charge in [-0.1, -0.05) is 0 Å². The molecule has 1 atom stereocenters. The maximum Gasteiger partial charge on any atom is 0.107 e. The largest absolute Gasteiger partial charge is 0.328 e. The van der Waals surface area contributed by atoms with Crippen LogP contribution in [0.1, 0.15) is 18.5 Å². The predicted octanol–water partition coefficient (Wildman–Crippen LogP) is 1.47. The Kier molecular flexibility index (Phi) is 2.67. The van der Waals surface area contributed by atoms with Gasteiger partial charge in [0.2, 0.25) is 0 Å². The third kappa shape index (κ3) is 1.62. The average Bonchev–Trinajstić information content (AvgIpc) is 2.32. The first-order chi connectivity index (χ1) is 5.16. The number of rotatable bonds is 2. The number of nitrogens with zero attached hydrogens (tertiary/aromatic N) is 2. The zero-order chi connectivity index (χ0) is 8.43. The van der Waals surface area contributed by atoms with E-state index in [1.54, 1.807) is 0 Å². The van der Waals surface area contributed by atoms with Crippen LogP contribution in [0, 0.1) is 6.92 Å². The van der Waals surface area contributed by atoms with Gasteiger partial charge in [0.05, 0.1) is 12.2 Å². The molecule has 1 aromatic heterocycles. The van der Waals surface area contributed by atoms with Crippen molar-refractivity contribution in [2.45, 2.75) is 19.9 Å². The Bertz CT molecular complexity index is 244. The van der Waals surface area contributed by atoms with E-state index >= 15 is 0 Å². The maximum atomic E-state index is 5.50. The molecule has 0 aliphatic heterocycles. The van der Waals surface area contributed by atoms with E-state index < -0.39 is 0 Å². The van der Waals surface area contributed by atoms with Crippen molar-refractivity contribution in [3.63, 3.8) is 0 Å². The summed E-state index contributed by atoms with van der Waals surface area (Å²) in [4.78, 5) is 0. The molecule has 0 amide bonds. The lowest BCUT2D eigenvalue weighted by atomic mass is 10.3. The quantitative estimate of drug-likeness (QED) is 0.816. The molecule has 0 bridgehead atoms. The first-order valence-corrected chi connectivity index (χ1v) is 4.35. The molecule has 0 aromatic carbocycles. The van der Waals surface area contributed by atoms with Crippen LogP contribution in [0.2, 0.25) is 0 Å². The van der Waals surface area contributed by atoms with Gasteiger partial charge in [0, 0.05) is 12.1 Å². The van der Waals surface area contributed by atoms with Crippen molar-refractivity contribution >= 4 is 15.9 Å². The molecule has 1 rings (SSSR count). The van der Waals surface area contributed by atoms with Crippen LogP contribution < -0.4 is 5.73 Å². The molecule has 1 heterocycles. The molecule has 0 fully saturated rings. The Morgan fingerprint density at radius 2 is 2.45 bits per heavy atom. The molecule has 62 valence electrons. The second-order valence-corrected chi connectivity index (χ2v) is 3.40. The summed E-state index contributed by atoms with van der Waals surface area (Å²) >= 11 is 3.44. The van der Waals surface area contributed by atoms with Gasteiger partial charge < -0.3 is 5.73 Å². The first kappa shape index (κ1) is 8.74. The lowest BCUT2D eigenvalue weighted by molar-refractivity contribution is 0.491. The van der Waals surface area contributed by atoms with Crippen LogP contribution in [0.3, 0.4) is 0 Å². The van der Waals surface area contributed by atoms with E-state index in [1.165, 1.54) is 0 Å². The third-order valence-corrected chi connectivity index (χ3v) is 2.65. The van der Waals surface area contributed by atoms with Crippen molar-refractivity contribution in [3.05, 3.63) is 16.4 Å². The average molecular weight is 218 g/mol. The van der Waals surface area contributed by atoms with Crippen molar-refractivity contribution < 1.29 is 0 Å². The highest BCUT2D eigenvalue weighted by molar-refractivity contribution is 9.10. The number of aromatic nitrogens is 2. The molecule has 0 aliphatic carbocycles. The fourth-order valence-corrected chi connectivity index (χ4v) is 1.38. The maximum absolute atomic E-state index is 5.50. The zero-order valence-corrected chi connectivity index (χ0v) is 8.30. The minimum Gasteiger partial charge on any atom is -0.328 e. The van der Waals surface area contributed by atoms with Gasteiger partial charge in [-0.2, -0.15) is 5.10 Å². The van der Waals surface area contributed by atoms with Crippen LogP contribution in [0.25, 0.3) is 0 Å². The zero-order valence-electron chi connectivity index (χ0n) is 6.71. The van der Waals surface area contributed by atoms with Crippen LogP contribution in [0.4, 0.5) is 0 Å². The van der Waals surface area contributed by atoms with Gasteiger partial charge >= 0.3 is 0 Å². The van der Waals surface area contributed by atoms with Gasteiger partial charge in [-0.25, -0.2) is 0 Å². The number of halogens is 1. The van der Waals surface area contributed by atoms with Crippen molar-refractivity contribution in [3.8, 4) is 0 Å². The van der Waals surface area contributed by atoms with Crippen molar-refractivity contribution in [1.82, 2.24) is 9.78 Å². The van der Waals surface area contributed by atoms with Gasteiger partial charge in [0.15, 0.2) is 0 Å². The normalized spacial score (nSPS) is 13.5. The van der Waals surface area contributed by atoms with Crippen LogP contribution in [-0.4, -0.2) is 16.3 Å². The van der Waals surface area contributed by atoms with E-state index in [4.69, 9.17) is 5.73 Å². The van der Waals surface area contributed by atoms with E-state index in [2.05, 4.69) is 21.0 Å². The Morgan fingerprint density at radius 3 is 2.82 bits per heavy atom. The number of hydrogen-bond donors (Lipinski definition) is 1. The summed E-state index contributed by atoms with van der Waals surface area (Å²) in [6.07, 6.45) is 1.83. The summed E-state index contributed by atoms with van der Waals surface area (Å²) in [6, 6.07) is 0.262. The van der Waals surface area contributed by atoms with Crippen LogP contribution in [-0.2, 0) is 0 Å². The van der Waals surface area contributed by atoms with Gasteiger partial charge in [0.25, 0.3) is 0 Å². The van der Waals surface area contributed by atoms with Crippen LogP contribution in [0.5, 0.6) is 0 Å². The highest BCUT2D eigenvalue weighted by atomic mass is 79.9. The molecule has 2 N–H and O–H groups in total. The minimum atomic E-state index is 0.262. The summed E-state index contributed by atoms with van der Waals surface area (Å²) in [7, 11) is 0. The standard InChI is InChI=1S/C7H12BrN3/c1-5-4-10-11(7(5)8)6(2)3-9/h4,6H,3,9H2,1-2H3. The summed E-state index contributed by atoms with van der Waals surface area (Å²) in [5.41, 5.74) is 6.64. The molecule has 3 nitrogen and oxygen atoms in total. The van der Waals surface area contributed by atoms with Crippen LogP contribution in [0.15, 0.2) is 10.8 Å². The molecule has 0 saturated carbocycles. The molecule has 11 heavy (non-hydrogen) atoms. The van der Waals surface area contributed by atoms with E-state index in [0.717, 1.165) is 10.2 Å². The number of aryl methyl sites for hydroxylation is 1. The number of hydrogen-bond acceptors (Lipinski definition) is 2. The third-order valence-electron chi connectivity index (χ3n) is 1.66. The highest BCUT2D eigenvalue weighted by Gasteiger charge is 2.08. The second kappa shape index (κ2) is 3.36. The van der Waals surface area contributed by atoms with Crippen molar-refractivity contribution in [2.24, 2.45) is 5.73 Å². The molecule has 4 heteroatoms. The van der Waals surface area contributed by atoms with E-state index in [9.17, 15) is 0 Å². The van der Waals surface area contributed by atoms with Gasteiger partial charge in [0.1, 0.15) is 4.60 Å². The monoisotopic (exact) mass is 217 g/mol. The van der Waals surface area contributed by atoms with Crippen molar-refractivity contribution in [2.75, 3.05) is 6.54 Å². The molecule has 0 radical (unpaired) electrons. The first-order valence-electron chi connectivity index (χ1n) is 3.56. The minimum absolute atomic E-state index is 0.262. The molecule has 0 saturated heterocycles. The molecular weight excluding hydrogens is 206 g/mol. The van der Waals surface area contributed by atoms with Crippen LogP contribution >= 0.6 is 15.9 Å².